The monoisotopic (exact) mass is 502 g/mol. The Bertz CT molecular complexity index is 597. The lowest BCUT2D eigenvalue weighted by atomic mass is 10.0. The molecule has 0 fully saturated rings. The van der Waals surface area contributed by atoms with Crippen molar-refractivity contribution in [2.75, 3.05) is 116 Å². The Morgan fingerprint density at radius 1 is 0.657 bits per heavy atom. The first kappa shape index (κ1) is 31.5. The molecular weight excluding hydrogens is 456 g/mol. The van der Waals surface area contributed by atoms with E-state index in [1.807, 2.05) is 12.1 Å². The van der Waals surface area contributed by atoms with Crippen molar-refractivity contribution >= 4 is 11.4 Å². The largest absolute Gasteiger partial charge is 0.398 e. The third-order valence-electron chi connectivity index (χ3n) is 5.03. The number of nitrogens with zero attached hydrogens (tertiary/aromatic N) is 1. The fraction of sp³-hybridized carbons (Fsp3) is 0.760. The van der Waals surface area contributed by atoms with E-state index in [-0.39, 0.29) is 13.2 Å². The first-order valence-corrected chi connectivity index (χ1v) is 12.4. The molecule has 35 heavy (non-hydrogen) atoms. The van der Waals surface area contributed by atoms with Crippen LogP contribution in [-0.4, -0.2) is 116 Å². The molecule has 10 nitrogen and oxygen atoms in total. The van der Waals surface area contributed by atoms with Crippen molar-refractivity contribution in [1.82, 2.24) is 0 Å². The highest BCUT2D eigenvalue weighted by Gasteiger charge is 2.11. The van der Waals surface area contributed by atoms with Crippen molar-refractivity contribution in [2.24, 2.45) is 0 Å². The van der Waals surface area contributed by atoms with E-state index in [1.165, 1.54) is 0 Å². The van der Waals surface area contributed by atoms with Crippen LogP contribution < -0.4 is 10.6 Å². The Hall–Kier alpha value is -1.50. The molecule has 0 aliphatic heterocycles. The third kappa shape index (κ3) is 16.0. The fourth-order valence-corrected chi connectivity index (χ4v) is 3.19. The van der Waals surface area contributed by atoms with Crippen LogP contribution in [0.5, 0.6) is 0 Å². The summed E-state index contributed by atoms with van der Waals surface area (Å²) in [5.41, 5.74) is 9.18. The van der Waals surface area contributed by atoms with Crippen LogP contribution >= 0.6 is 0 Å². The molecule has 0 aliphatic rings. The predicted molar refractivity (Wildman–Crippen MR) is 136 cm³/mol. The molecule has 0 aliphatic carbocycles. The minimum atomic E-state index is 0.0205. The van der Waals surface area contributed by atoms with Gasteiger partial charge in [0.2, 0.25) is 0 Å². The molecule has 0 radical (unpaired) electrons. The van der Waals surface area contributed by atoms with Crippen LogP contribution in [-0.2, 0) is 28.4 Å². The normalized spacial score (nSPS) is 11.5. The summed E-state index contributed by atoms with van der Waals surface area (Å²) in [6, 6.07) is 6.13. The highest BCUT2D eigenvalue weighted by Crippen LogP contribution is 2.27. The minimum Gasteiger partial charge on any atom is -0.398 e. The molecule has 0 saturated carbocycles. The average molecular weight is 503 g/mol. The molecule has 4 N–H and O–H groups in total. The molecule has 0 saturated heterocycles. The molecule has 0 heterocycles. The summed E-state index contributed by atoms with van der Waals surface area (Å²) in [5.74, 6) is 0.335. The Kier molecular flexibility index (Phi) is 19.6. The Morgan fingerprint density at radius 3 is 1.46 bits per heavy atom. The number of benzene rings is 1. The van der Waals surface area contributed by atoms with E-state index in [0.29, 0.717) is 98.3 Å². The van der Waals surface area contributed by atoms with E-state index in [0.717, 1.165) is 16.9 Å². The molecule has 1 aromatic carbocycles. The maximum Gasteiger partial charge on any atom is 0.0701 e. The number of nitrogen functional groups attached to an aromatic ring is 1. The number of anilines is 2. The summed E-state index contributed by atoms with van der Waals surface area (Å²) in [6.07, 6.45) is 0. The van der Waals surface area contributed by atoms with Crippen molar-refractivity contribution in [2.45, 2.75) is 19.8 Å². The second kappa shape index (κ2) is 21.8. The van der Waals surface area contributed by atoms with Crippen LogP contribution in [0.25, 0.3) is 0 Å². The van der Waals surface area contributed by atoms with Gasteiger partial charge in [-0.05, 0) is 29.7 Å². The molecule has 204 valence electrons. The number of aliphatic hydroxyl groups is 2. The molecular formula is C25H46N2O8. The molecule has 0 spiro atoms. The molecule has 0 amide bonds. The van der Waals surface area contributed by atoms with Crippen LogP contribution in [0.3, 0.4) is 0 Å². The Labute approximate surface area is 210 Å². The zero-order valence-corrected chi connectivity index (χ0v) is 21.5. The molecule has 0 unspecified atom stereocenters. The van der Waals surface area contributed by atoms with Gasteiger partial charge in [0, 0.05) is 24.5 Å². The summed E-state index contributed by atoms with van der Waals surface area (Å²) in [6.45, 7) is 11.4. The van der Waals surface area contributed by atoms with Gasteiger partial charge in [0.1, 0.15) is 0 Å². The number of rotatable bonds is 24. The summed E-state index contributed by atoms with van der Waals surface area (Å²) in [5, 5.41) is 17.3. The maximum atomic E-state index is 8.66. The van der Waals surface area contributed by atoms with Crippen LogP contribution in [0.1, 0.15) is 25.3 Å². The SMILES string of the molecule is CC(C)c1cc(N(CCOCCOCCOCCO)CCOCCOCCOCCO)ccc1N. The number of hydrogen-bond acceptors (Lipinski definition) is 10. The van der Waals surface area contributed by atoms with Gasteiger partial charge < -0.3 is 49.3 Å². The third-order valence-corrected chi connectivity index (χ3v) is 5.03. The highest BCUT2D eigenvalue weighted by atomic mass is 16.6. The van der Waals surface area contributed by atoms with E-state index in [9.17, 15) is 0 Å². The van der Waals surface area contributed by atoms with Crippen LogP contribution in [0, 0.1) is 0 Å². The maximum absolute atomic E-state index is 8.66. The predicted octanol–water partition coefficient (Wildman–Crippen LogP) is 1.28. The Balaban J connectivity index is 2.37. The second-order valence-electron chi connectivity index (χ2n) is 8.08. The number of aliphatic hydroxyl groups excluding tert-OH is 2. The van der Waals surface area contributed by atoms with Gasteiger partial charge in [0.05, 0.1) is 92.5 Å². The highest BCUT2D eigenvalue weighted by molar-refractivity contribution is 5.59. The minimum absolute atomic E-state index is 0.0205. The fourth-order valence-electron chi connectivity index (χ4n) is 3.19. The zero-order valence-electron chi connectivity index (χ0n) is 21.5. The smallest absolute Gasteiger partial charge is 0.0701 e. The van der Waals surface area contributed by atoms with Gasteiger partial charge in [0.25, 0.3) is 0 Å². The second-order valence-corrected chi connectivity index (χ2v) is 8.08. The topological polar surface area (TPSA) is 125 Å². The number of ether oxygens (including phenoxy) is 6. The van der Waals surface area contributed by atoms with Gasteiger partial charge in [-0.1, -0.05) is 13.8 Å². The van der Waals surface area contributed by atoms with E-state index < -0.39 is 0 Å². The standard InChI is InChI=1S/C25H46N2O8/c1-22(2)24-21-23(3-4-25(24)26)27(5-9-30-13-17-34-19-15-32-11-7-28)6-10-31-14-18-35-20-16-33-12-8-29/h3-4,21-22,28-29H,5-20,26H2,1-2H3. The van der Waals surface area contributed by atoms with Crippen LogP contribution in [0.2, 0.25) is 0 Å². The van der Waals surface area contributed by atoms with E-state index in [4.69, 9.17) is 44.4 Å². The molecule has 10 heteroatoms. The molecule has 0 bridgehead atoms. The summed E-state index contributed by atoms with van der Waals surface area (Å²) < 4.78 is 32.7. The summed E-state index contributed by atoms with van der Waals surface area (Å²) in [4.78, 5) is 2.23. The molecule has 0 atom stereocenters. The number of nitrogens with two attached hydrogens (primary N) is 1. The van der Waals surface area contributed by atoms with Crippen molar-refractivity contribution < 1.29 is 38.6 Å². The molecule has 1 rings (SSSR count). The van der Waals surface area contributed by atoms with Crippen molar-refractivity contribution in [3.05, 3.63) is 23.8 Å². The van der Waals surface area contributed by atoms with Gasteiger partial charge >= 0.3 is 0 Å². The quantitative estimate of drug-likeness (QED) is 0.141. The van der Waals surface area contributed by atoms with Crippen molar-refractivity contribution in [1.29, 1.82) is 0 Å². The van der Waals surface area contributed by atoms with Gasteiger partial charge in [-0.15, -0.1) is 0 Å². The molecule has 1 aromatic rings. The average Bonchev–Trinajstić information content (AvgIpc) is 2.85. The summed E-state index contributed by atoms with van der Waals surface area (Å²) in [7, 11) is 0. The summed E-state index contributed by atoms with van der Waals surface area (Å²) >= 11 is 0. The van der Waals surface area contributed by atoms with Gasteiger partial charge in [-0.2, -0.15) is 0 Å². The Morgan fingerprint density at radius 2 is 1.06 bits per heavy atom. The lowest BCUT2D eigenvalue weighted by Gasteiger charge is -2.26. The first-order valence-electron chi connectivity index (χ1n) is 12.4. The van der Waals surface area contributed by atoms with Crippen LogP contribution in [0.4, 0.5) is 11.4 Å². The molecule has 0 aromatic heterocycles. The first-order chi connectivity index (χ1) is 17.1. The van der Waals surface area contributed by atoms with E-state index in [1.54, 1.807) is 0 Å². The van der Waals surface area contributed by atoms with E-state index >= 15 is 0 Å². The lowest BCUT2D eigenvalue weighted by Crippen LogP contribution is -2.32. The van der Waals surface area contributed by atoms with Crippen molar-refractivity contribution in [3.63, 3.8) is 0 Å². The van der Waals surface area contributed by atoms with Gasteiger partial charge in [-0.25, -0.2) is 0 Å². The van der Waals surface area contributed by atoms with Gasteiger partial charge in [0.15, 0.2) is 0 Å². The lowest BCUT2D eigenvalue weighted by molar-refractivity contribution is 0.00694. The number of hydrogen-bond donors (Lipinski definition) is 3. The zero-order chi connectivity index (χ0) is 25.6. The van der Waals surface area contributed by atoms with Crippen LogP contribution in [0.15, 0.2) is 18.2 Å². The van der Waals surface area contributed by atoms with Crippen molar-refractivity contribution in [3.8, 4) is 0 Å². The van der Waals surface area contributed by atoms with E-state index in [2.05, 4.69) is 24.8 Å². The van der Waals surface area contributed by atoms with Gasteiger partial charge in [-0.3, -0.25) is 0 Å².